The second kappa shape index (κ2) is 5.83. The number of pyridine rings is 1. The molecule has 0 unspecified atom stereocenters. The Kier molecular flexibility index (Phi) is 4.16. The van der Waals surface area contributed by atoms with E-state index < -0.39 is 0 Å². The second-order valence-corrected chi connectivity index (χ2v) is 4.89. The maximum absolute atomic E-state index is 4.26. The van der Waals surface area contributed by atoms with Crippen molar-refractivity contribution >= 4 is 5.57 Å². The Morgan fingerprint density at radius 1 is 1.21 bits per heavy atom. The molecule has 0 saturated heterocycles. The molecule has 1 heteroatoms. The number of allylic oxidation sites excluding steroid dienone is 2. The Labute approximate surface area is 116 Å². The predicted octanol–water partition coefficient (Wildman–Crippen LogP) is 5.04. The number of hydrogen-bond donors (Lipinski definition) is 0. The van der Waals surface area contributed by atoms with E-state index in [-0.39, 0.29) is 0 Å². The van der Waals surface area contributed by atoms with Crippen molar-refractivity contribution in [3.8, 4) is 11.1 Å². The highest BCUT2D eigenvalue weighted by molar-refractivity contribution is 5.74. The van der Waals surface area contributed by atoms with Crippen LogP contribution in [0.3, 0.4) is 0 Å². The first kappa shape index (κ1) is 13.5. The van der Waals surface area contributed by atoms with Crippen molar-refractivity contribution in [2.24, 2.45) is 0 Å². The van der Waals surface area contributed by atoms with E-state index in [0.717, 1.165) is 6.42 Å². The van der Waals surface area contributed by atoms with Gasteiger partial charge in [-0.25, -0.2) is 0 Å². The average molecular weight is 251 g/mol. The van der Waals surface area contributed by atoms with Crippen LogP contribution in [0.25, 0.3) is 16.7 Å². The van der Waals surface area contributed by atoms with Gasteiger partial charge in [-0.3, -0.25) is 4.98 Å². The summed E-state index contributed by atoms with van der Waals surface area (Å²) in [7, 11) is 0. The summed E-state index contributed by atoms with van der Waals surface area (Å²) >= 11 is 0. The van der Waals surface area contributed by atoms with Gasteiger partial charge in [0.05, 0.1) is 0 Å². The monoisotopic (exact) mass is 251 g/mol. The van der Waals surface area contributed by atoms with Gasteiger partial charge in [0.25, 0.3) is 0 Å². The smallest absolute Gasteiger partial charge is 0.0349 e. The summed E-state index contributed by atoms with van der Waals surface area (Å²) < 4.78 is 0. The fraction of sp³-hybridized carbons (Fsp3) is 0.278. The van der Waals surface area contributed by atoms with Gasteiger partial charge in [0.15, 0.2) is 0 Å². The van der Waals surface area contributed by atoms with Crippen molar-refractivity contribution < 1.29 is 0 Å². The molecule has 1 aromatic carbocycles. The number of aromatic nitrogens is 1. The SMILES string of the molecule is C/C=C(\C)c1ccc(-c2cnccc2C)c(CC)c1. The first-order valence-corrected chi connectivity index (χ1v) is 6.84. The van der Waals surface area contributed by atoms with Crippen LogP contribution in [0.15, 0.2) is 42.7 Å². The highest BCUT2D eigenvalue weighted by atomic mass is 14.6. The van der Waals surface area contributed by atoms with Gasteiger partial charge in [-0.2, -0.15) is 0 Å². The van der Waals surface area contributed by atoms with Gasteiger partial charge in [-0.15, -0.1) is 0 Å². The summed E-state index contributed by atoms with van der Waals surface area (Å²) in [6.45, 7) is 8.59. The molecule has 0 aliphatic rings. The third kappa shape index (κ3) is 2.76. The van der Waals surface area contributed by atoms with Crippen molar-refractivity contribution in [1.29, 1.82) is 0 Å². The number of benzene rings is 1. The molecule has 1 nitrogen and oxygen atoms in total. The highest BCUT2D eigenvalue weighted by Crippen LogP contribution is 2.29. The molecule has 19 heavy (non-hydrogen) atoms. The van der Waals surface area contributed by atoms with Crippen LogP contribution in [0.2, 0.25) is 0 Å². The number of nitrogens with zero attached hydrogens (tertiary/aromatic N) is 1. The van der Waals surface area contributed by atoms with Crippen LogP contribution in [0.1, 0.15) is 37.5 Å². The van der Waals surface area contributed by atoms with Crippen LogP contribution in [0, 0.1) is 6.92 Å². The zero-order chi connectivity index (χ0) is 13.8. The van der Waals surface area contributed by atoms with Crippen LogP contribution in [-0.2, 0) is 6.42 Å². The van der Waals surface area contributed by atoms with E-state index in [1.165, 1.54) is 33.4 Å². The number of aryl methyl sites for hydroxylation is 2. The predicted molar refractivity (Wildman–Crippen MR) is 83.1 cm³/mol. The molecule has 98 valence electrons. The zero-order valence-corrected chi connectivity index (χ0v) is 12.2. The Bertz CT molecular complexity index is 609. The summed E-state index contributed by atoms with van der Waals surface area (Å²) in [4.78, 5) is 4.26. The van der Waals surface area contributed by atoms with Crippen LogP contribution >= 0.6 is 0 Å². The molecule has 0 amide bonds. The summed E-state index contributed by atoms with van der Waals surface area (Å²) in [5.74, 6) is 0. The molecule has 0 saturated carbocycles. The lowest BCUT2D eigenvalue weighted by Gasteiger charge is -2.12. The van der Waals surface area contributed by atoms with Gasteiger partial charge < -0.3 is 0 Å². The molecule has 0 spiro atoms. The maximum atomic E-state index is 4.26. The number of rotatable bonds is 3. The summed E-state index contributed by atoms with van der Waals surface area (Å²) in [5.41, 5.74) is 7.84. The fourth-order valence-electron chi connectivity index (χ4n) is 2.31. The first-order chi connectivity index (χ1) is 9.17. The molecule has 0 atom stereocenters. The first-order valence-electron chi connectivity index (χ1n) is 6.84. The summed E-state index contributed by atoms with van der Waals surface area (Å²) in [6, 6.07) is 8.80. The van der Waals surface area contributed by atoms with Crippen LogP contribution < -0.4 is 0 Å². The molecule has 0 fully saturated rings. The standard InChI is InChI=1S/C18H21N/c1-5-13(3)16-7-8-17(15(6-2)11-16)18-12-19-10-9-14(18)4/h5,7-12H,6H2,1-4H3/b13-5+. The fourth-order valence-corrected chi connectivity index (χ4v) is 2.31. The van der Waals surface area contributed by atoms with E-state index in [0.29, 0.717) is 0 Å². The Morgan fingerprint density at radius 2 is 2.00 bits per heavy atom. The Balaban J connectivity index is 2.57. The molecule has 0 aliphatic heterocycles. The molecule has 0 radical (unpaired) electrons. The third-order valence-electron chi connectivity index (χ3n) is 3.70. The van der Waals surface area contributed by atoms with Crippen molar-refractivity contribution in [2.45, 2.75) is 34.1 Å². The van der Waals surface area contributed by atoms with Gasteiger partial charge in [0.1, 0.15) is 0 Å². The van der Waals surface area contributed by atoms with Gasteiger partial charge in [-0.1, -0.05) is 31.2 Å². The lowest BCUT2D eigenvalue weighted by atomic mass is 9.93. The van der Waals surface area contributed by atoms with Gasteiger partial charge in [-0.05, 0) is 61.1 Å². The molecule has 2 aromatic rings. The molecule has 1 aromatic heterocycles. The van der Waals surface area contributed by atoms with Crippen molar-refractivity contribution in [2.75, 3.05) is 0 Å². The summed E-state index contributed by atoms with van der Waals surface area (Å²) in [6.07, 6.45) is 7.01. The topological polar surface area (TPSA) is 12.9 Å². The van der Waals surface area contributed by atoms with Gasteiger partial charge in [0, 0.05) is 18.0 Å². The van der Waals surface area contributed by atoms with Crippen molar-refractivity contribution in [3.05, 3.63) is 59.4 Å². The minimum absolute atomic E-state index is 1.04. The third-order valence-corrected chi connectivity index (χ3v) is 3.70. The molecular formula is C18H21N. The summed E-state index contributed by atoms with van der Waals surface area (Å²) in [5, 5.41) is 0. The van der Waals surface area contributed by atoms with E-state index >= 15 is 0 Å². The van der Waals surface area contributed by atoms with Crippen molar-refractivity contribution in [3.63, 3.8) is 0 Å². The molecule has 0 N–H and O–H groups in total. The van der Waals surface area contributed by atoms with Gasteiger partial charge >= 0.3 is 0 Å². The quantitative estimate of drug-likeness (QED) is 0.744. The molecule has 1 heterocycles. The lowest BCUT2D eigenvalue weighted by molar-refractivity contribution is 1.13. The molecule has 2 rings (SSSR count). The largest absolute Gasteiger partial charge is 0.264 e. The molecule has 0 bridgehead atoms. The highest BCUT2D eigenvalue weighted by Gasteiger charge is 2.08. The zero-order valence-electron chi connectivity index (χ0n) is 12.2. The lowest BCUT2D eigenvalue weighted by Crippen LogP contribution is -1.93. The van der Waals surface area contributed by atoms with E-state index in [2.05, 4.69) is 63.0 Å². The Hall–Kier alpha value is -1.89. The van der Waals surface area contributed by atoms with Crippen LogP contribution in [-0.4, -0.2) is 4.98 Å². The second-order valence-electron chi connectivity index (χ2n) is 4.89. The average Bonchev–Trinajstić information content (AvgIpc) is 2.46. The molecular weight excluding hydrogens is 230 g/mol. The Morgan fingerprint density at radius 3 is 2.63 bits per heavy atom. The number of hydrogen-bond acceptors (Lipinski definition) is 1. The van der Waals surface area contributed by atoms with E-state index in [1.54, 1.807) is 0 Å². The van der Waals surface area contributed by atoms with E-state index in [9.17, 15) is 0 Å². The minimum Gasteiger partial charge on any atom is -0.264 e. The molecule has 0 aliphatic carbocycles. The van der Waals surface area contributed by atoms with Crippen molar-refractivity contribution in [1.82, 2.24) is 4.98 Å². The van der Waals surface area contributed by atoms with Gasteiger partial charge in [0.2, 0.25) is 0 Å². The minimum atomic E-state index is 1.04. The van der Waals surface area contributed by atoms with Crippen LogP contribution in [0.4, 0.5) is 0 Å². The maximum Gasteiger partial charge on any atom is 0.0349 e. The van der Waals surface area contributed by atoms with E-state index in [1.807, 2.05) is 12.4 Å². The van der Waals surface area contributed by atoms with E-state index in [4.69, 9.17) is 0 Å². The van der Waals surface area contributed by atoms with Crippen LogP contribution in [0.5, 0.6) is 0 Å². The normalized spacial score (nSPS) is 11.7.